The van der Waals surface area contributed by atoms with Crippen LogP contribution in [-0.4, -0.2) is 27.8 Å². The van der Waals surface area contributed by atoms with Gasteiger partial charge in [-0.2, -0.15) is 5.01 Å². The number of piperidine rings is 1. The first-order valence-electron chi connectivity index (χ1n) is 8.65. The Labute approximate surface area is 147 Å². The molecular weight excluding hydrogens is 322 g/mol. The van der Waals surface area contributed by atoms with E-state index in [9.17, 15) is 4.79 Å². The molecule has 0 bridgehead atoms. The average Bonchev–Trinajstić information content (AvgIpc) is 3.05. The fourth-order valence-electron chi connectivity index (χ4n) is 4.86. The van der Waals surface area contributed by atoms with Crippen LogP contribution in [0.3, 0.4) is 0 Å². The largest absolute Gasteiger partial charge is 0.452 e. The van der Waals surface area contributed by atoms with Gasteiger partial charge in [0, 0.05) is 5.92 Å². The number of thiocarbonyl (C=S) groups is 1. The zero-order valence-corrected chi connectivity index (χ0v) is 14.9. The summed E-state index contributed by atoms with van der Waals surface area (Å²) in [5, 5.41) is 6.14. The lowest BCUT2D eigenvalue weighted by Crippen LogP contribution is -2.68. The van der Waals surface area contributed by atoms with Crippen molar-refractivity contribution in [1.82, 2.24) is 15.8 Å². The Morgan fingerprint density at radius 2 is 2.12 bits per heavy atom. The van der Waals surface area contributed by atoms with E-state index in [1.54, 1.807) is 0 Å². The van der Waals surface area contributed by atoms with Crippen LogP contribution in [0.2, 0.25) is 0 Å². The van der Waals surface area contributed by atoms with E-state index in [-0.39, 0.29) is 23.6 Å². The second-order valence-electron chi connectivity index (χ2n) is 7.25. The lowest BCUT2D eigenvalue weighted by atomic mass is 9.67. The molecule has 5 nitrogen and oxygen atoms in total. The van der Waals surface area contributed by atoms with Crippen LogP contribution in [-0.2, 0) is 15.1 Å². The first kappa shape index (κ1) is 15.8. The third kappa shape index (κ3) is 2.09. The number of nitrogens with one attached hydrogen (secondary N) is 2. The van der Waals surface area contributed by atoms with Crippen molar-refractivity contribution in [3.63, 3.8) is 0 Å². The number of rotatable bonds is 3. The predicted molar refractivity (Wildman–Crippen MR) is 94.7 cm³/mol. The molecule has 4 rings (SSSR count). The summed E-state index contributed by atoms with van der Waals surface area (Å²) in [7, 11) is 0. The maximum absolute atomic E-state index is 12.4. The number of carbonyl (C=O) groups is 1. The monoisotopic (exact) mass is 345 g/mol. The summed E-state index contributed by atoms with van der Waals surface area (Å²) in [6.07, 6.45) is 3.31. The SMILES string of the molecule is CCC[C@H]1C[C@@]2(C)NC(=S)NN2[C@@H]2CC(=O)O[C@]12c1ccccc1. The van der Waals surface area contributed by atoms with Gasteiger partial charge in [-0.1, -0.05) is 43.7 Å². The van der Waals surface area contributed by atoms with Crippen LogP contribution in [0.4, 0.5) is 0 Å². The molecule has 128 valence electrons. The molecule has 3 saturated heterocycles. The predicted octanol–water partition coefficient (Wildman–Crippen LogP) is 2.43. The molecule has 0 saturated carbocycles. The van der Waals surface area contributed by atoms with Crippen molar-refractivity contribution < 1.29 is 9.53 Å². The number of esters is 1. The molecule has 0 aromatic heterocycles. The van der Waals surface area contributed by atoms with Crippen molar-refractivity contribution in [2.24, 2.45) is 5.92 Å². The van der Waals surface area contributed by atoms with Crippen LogP contribution < -0.4 is 10.7 Å². The zero-order chi connectivity index (χ0) is 16.9. The molecule has 0 amide bonds. The van der Waals surface area contributed by atoms with Gasteiger partial charge in [0.25, 0.3) is 0 Å². The van der Waals surface area contributed by atoms with Crippen LogP contribution in [0.15, 0.2) is 30.3 Å². The van der Waals surface area contributed by atoms with Gasteiger partial charge >= 0.3 is 5.97 Å². The number of benzene rings is 1. The van der Waals surface area contributed by atoms with Gasteiger partial charge in [-0.25, -0.2) is 0 Å². The van der Waals surface area contributed by atoms with Crippen LogP contribution >= 0.6 is 12.2 Å². The molecule has 0 aliphatic carbocycles. The molecule has 0 spiro atoms. The molecule has 6 heteroatoms. The smallest absolute Gasteiger partial charge is 0.308 e. The van der Waals surface area contributed by atoms with Gasteiger partial charge in [0.05, 0.1) is 12.5 Å². The Kier molecular flexibility index (Phi) is 3.58. The van der Waals surface area contributed by atoms with E-state index in [0.29, 0.717) is 11.5 Å². The van der Waals surface area contributed by atoms with Gasteiger partial charge in [0.1, 0.15) is 5.66 Å². The van der Waals surface area contributed by atoms with Crippen LogP contribution in [0.1, 0.15) is 45.1 Å². The fourth-order valence-corrected chi connectivity index (χ4v) is 5.18. The summed E-state index contributed by atoms with van der Waals surface area (Å²) in [6.45, 7) is 4.34. The minimum absolute atomic E-state index is 0.0735. The van der Waals surface area contributed by atoms with Crippen molar-refractivity contribution >= 4 is 23.3 Å². The first-order valence-corrected chi connectivity index (χ1v) is 9.06. The minimum atomic E-state index is -0.609. The fraction of sp³-hybridized carbons (Fsp3) is 0.556. The third-order valence-corrected chi connectivity index (χ3v) is 5.89. The number of hydrogen-bond donors (Lipinski definition) is 2. The lowest BCUT2D eigenvalue weighted by molar-refractivity contribution is -0.179. The van der Waals surface area contributed by atoms with Crippen molar-refractivity contribution in [3.05, 3.63) is 35.9 Å². The van der Waals surface area contributed by atoms with Crippen LogP contribution in [0.5, 0.6) is 0 Å². The molecular formula is C18H23N3O2S. The van der Waals surface area contributed by atoms with Gasteiger partial charge in [0.15, 0.2) is 10.7 Å². The second-order valence-corrected chi connectivity index (χ2v) is 7.66. The summed E-state index contributed by atoms with van der Waals surface area (Å²) >= 11 is 5.36. The maximum Gasteiger partial charge on any atom is 0.308 e. The van der Waals surface area contributed by atoms with Crippen molar-refractivity contribution in [1.29, 1.82) is 0 Å². The molecule has 3 aliphatic rings. The number of hydrogen-bond acceptors (Lipinski definition) is 4. The summed E-state index contributed by atoms with van der Waals surface area (Å²) in [5.41, 5.74) is 3.46. The lowest BCUT2D eigenvalue weighted by Gasteiger charge is -2.53. The molecule has 3 aliphatic heterocycles. The van der Waals surface area contributed by atoms with Crippen molar-refractivity contribution in [2.75, 3.05) is 0 Å². The van der Waals surface area contributed by atoms with Crippen molar-refractivity contribution in [2.45, 2.75) is 56.8 Å². The van der Waals surface area contributed by atoms with E-state index >= 15 is 0 Å². The maximum atomic E-state index is 12.4. The van der Waals surface area contributed by atoms with Gasteiger partial charge in [-0.3, -0.25) is 10.2 Å². The molecule has 24 heavy (non-hydrogen) atoms. The highest BCUT2D eigenvalue weighted by atomic mass is 32.1. The molecule has 0 radical (unpaired) electrons. The Bertz CT molecular complexity index is 682. The number of hydrazine groups is 1. The number of ether oxygens (including phenoxy) is 1. The zero-order valence-electron chi connectivity index (χ0n) is 14.0. The van der Waals surface area contributed by atoms with E-state index in [2.05, 4.69) is 41.7 Å². The molecule has 4 atom stereocenters. The molecule has 2 N–H and O–H groups in total. The van der Waals surface area contributed by atoms with Gasteiger partial charge in [0.2, 0.25) is 0 Å². The summed E-state index contributed by atoms with van der Waals surface area (Å²) in [6, 6.07) is 10.1. The van der Waals surface area contributed by atoms with E-state index in [4.69, 9.17) is 17.0 Å². The minimum Gasteiger partial charge on any atom is -0.452 e. The molecule has 0 unspecified atom stereocenters. The Hall–Kier alpha value is -1.66. The Morgan fingerprint density at radius 3 is 2.83 bits per heavy atom. The third-order valence-electron chi connectivity index (χ3n) is 5.70. The molecule has 1 aromatic rings. The molecule has 1 aromatic carbocycles. The first-order chi connectivity index (χ1) is 11.5. The standard InChI is InChI=1S/C18H23N3O2S/c1-3-7-13-11-17(2)19-16(24)20-21(17)14-10-15(22)23-18(13,14)12-8-5-4-6-9-12/h4-6,8-9,13-14H,3,7,10-11H2,1-2H3,(H2,19,20,24)/t13-,14+,17-,18+/m0/s1. The topological polar surface area (TPSA) is 53.6 Å². The quantitative estimate of drug-likeness (QED) is 0.648. The van der Waals surface area contributed by atoms with E-state index < -0.39 is 5.60 Å². The summed E-state index contributed by atoms with van der Waals surface area (Å²) in [5.74, 6) is 0.117. The average molecular weight is 345 g/mol. The summed E-state index contributed by atoms with van der Waals surface area (Å²) < 4.78 is 6.10. The number of nitrogens with zero attached hydrogens (tertiary/aromatic N) is 1. The van der Waals surface area contributed by atoms with Gasteiger partial charge in [-0.05, 0) is 37.5 Å². The number of fused-ring (bicyclic) bond motifs is 3. The Balaban J connectivity index is 1.87. The van der Waals surface area contributed by atoms with Gasteiger partial charge in [-0.15, -0.1) is 0 Å². The molecule has 3 heterocycles. The van der Waals surface area contributed by atoms with E-state index in [1.807, 2.05) is 18.2 Å². The highest BCUT2D eigenvalue weighted by Gasteiger charge is 2.66. The molecule has 3 fully saturated rings. The summed E-state index contributed by atoms with van der Waals surface area (Å²) in [4.78, 5) is 12.4. The van der Waals surface area contributed by atoms with Crippen LogP contribution in [0.25, 0.3) is 0 Å². The normalized spacial score (nSPS) is 38.1. The highest BCUT2D eigenvalue weighted by Crippen LogP contribution is 2.54. The van der Waals surface area contributed by atoms with Crippen molar-refractivity contribution in [3.8, 4) is 0 Å². The van der Waals surface area contributed by atoms with Crippen LogP contribution in [0, 0.1) is 5.92 Å². The van der Waals surface area contributed by atoms with E-state index in [0.717, 1.165) is 24.8 Å². The van der Waals surface area contributed by atoms with E-state index in [1.165, 1.54) is 0 Å². The second kappa shape index (κ2) is 5.43. The van der Waals surface area contributed by atoms with Gasteiger partial charge < -0.3 is 10.1 Å². The highest BCUT2D eigenvalue weighted by molar-refractivity contribution is 7.80. The number of carbonyl (C=O) groups excluding carboxylic acids is 1. The Morgan fingerprint density at radius 1 is 1.38 bits per heavy atom.